The third kappa shape index (κ3) is 4.62. The second-order valence-electron chi connectivity index (χ2n) is 5.76. The zero-order valence-corrected chi connectivity index (χ0v) is 17.5. The summed E-state index contributed by atoms with van der Waals surface area (Å²) in [5, 5.41) is 0. The molecular formula is C19H20FNO8S. The number of anilines is 1. The van der Waals surface area contributed by atoms with Gasteiger partial charge in [0, 0.05) is 12.1 Å². The molecule has 0 aliphatic rings. The first-order valence-electron chi connectivity index (χ1n) is 8.39. The van der Waals surface area contributed by atoms with Crippen LogP contribution >= 0.6 is 0 Å². The Morgan fingerprint density at radius 1 is 0.933 bits per heavy atom. The minimum Gasteiger partial charge on any atom is -0.493 e. The largest absolute Gasteiger partial charge is 0.493 e. The van der Waals surface area contributed by atoms with Crippen LogP contribution in [0, 0.1) is 5.82 Å². The molecule has 0 amide bonds. The van der Waals surface area contributed by atoms with E-state index in [1.54, 1.807) is 0 Å². The molecule has 0 aliphatic carbocycles. The van der Waals surface area contributed by atoms with Crippen LogP contribution < -0.4 is 13.8 Å². The fraction of sp³-hybridized carbons (Fsp3) is 0.263. The van der Waals surface area contributed by atoms with Crippen LogP contribution in [0.2, 0.25) is 0 Å². The van der Waals surface area contributed by atoms with Gasteiger partial charge in [-0.25, -0.2) is 17.6 Å². The van der Waals surface area contributed by atoms with Gasteiger partial charge in [0.05, 0.1) is 44.6 Å². The van der Waals surface area contributed by atoms with Crippen LogP contribution in [0.1, 0.15) is 10.4 Å². The van der Waals surface area contributed by atoms with Crippen molar-refractivity contribution in [3.63, 3.8) is 0 Å². The number of nitrogens with zero attached hydrogens (tertiary/aromatic N) is 1. The number of methoxy groups -OCH3 is 4. The van der Waals surface area contributed by atoms with Gasteiger partial charge in [-0.05, 0) is 24.3 Å². The predicted molar refractivity (Wildman–Crippen MR) is 104 cm³/mol. The lowest BCUT2D eigenvalue weighted by Gasteiger charge is -2.26. The topological polar surface area (TPSA) is 108 Å². The second-order valence-corrected chi connectivity index (χ2v) is 7.62. The highest BCUT2D eigenvalue weighted by molar-refractivity contribution is 7.92. The minimum atomic E-state index is -4.42. The van der Waals surface area contributed by atoms with Crippen molar-refractivity contribution in [3.8, 4) is 11.5 Å². The van der Waals surface area contributed by atoms with E-state index in [2.05, 4.69) is 4.74 Å². The Balaban J connectivity index is 2.79. The molecule has 0 aliphatic heterocycles. The molecular weight excluding hydrogens is 421 g/mol. The summed E-state index contributed by atoms with van der Waals surface area (Å²) in [7, 11) is 0.425. The number of carbonyl (C=O) groups is 2. The fourth-order valence-corrected chi connectivity index (χ4v) is 3.98. The lowest BCUT2D eigenvalue weighted by Crippen LogP contribution is -2.37. The van der Waals surface area contributed by atoms with Crippen molar-refractivity contribution >= 4 is 27.6 Å². The molecule has 0 aromatic heterocycles. The number of hydrogen-bond acceptors (Lipinski definition) is 8. The number of carbonyl (C=O) groups excluding carboxylic acids is 2. The lowest BCUT2D eigenvalue weighted by molar-refractivity contribution is -0.138. The van der Waals surface area contributed by atoms with E-state index in [1.165, 1.54) is 26.4 Å². The molecule has 0 spiro atoms. The average molecular weight is 441 g/mol. The summed E-state index contributed by atoms with van der Waals surface area (Å²) in [5.41, 5.74) is -0.418. The van der Waals surface area contributed by atoms with E-state index < -0.39 is 34.3 Å². The quantitative estimate of drug-likeness (QED) is 0.573. The Morgan fingerprint density at radius 2 is 1.50 bits per heavy atom. The van der Waals surface area contributed by atoms with Gasteiger partial charge >= 0.3 is 11.9 Å². The molecule has 9 nitrogen and oxygen atoms in total. The van der Waals surface area contributed by atoms with E-state index in [-0.39, 0.29) is 27.6 Å². The molecule has 162 valence electrons. The van der Waals surface area contributed by atoms with E-state index in [0.717, 1.165) is 38.5 Å². The molecule has 2 aromatic rings. The van der Waals surface area contributed by atoms with Gasteiger partial charge in [0.25, 0.3) is 10.0 Å². The number of halogens is 1. The van der Waals surface area contributed by atoms with E-state index in [4.69, 9.17) is 14.2 Å². The van der Waals surface area contributed by atoms with Gasteiger partial charge in [0.15, 0.2) is 11.5 Å². The van der Waals surface area contributed by atoms with Crippen LogP contribution in [0.4, 0.5) is 10.1 Å². The summed E-state index contributed by atoms with van der Waals surface area (Å²) in [4.78, 5) is 24.1. The molecule has 0 saturated heterocycles. The number of ether oxygens (including phenoxy) is 4. The smallest absolute Gasteiger partial charge is 0.340 e. The zero-order valence-electron chi connectivity index (χ0n) is 16.7. The normalized spacial score (nSPS) is 10.8. The van der Waals surface area contributed by atoms with Crippen molar-refractivity contribution in [2.75, 3.05) is 39.3 Å². The van der Waals surface area contributed by atoms with Gasteiger partial charge in [-0.2, -0.15) is 0 Å². The molecule has 2 rings (SSSR count). The Morgan fingerprint density at radius 3 is 2.00 bits per heavy atom. The number of sulfonamides is 1. The summed E-state index contributed by atoms with van der Waals surface area (Å²) < 4.78 is 60.2. The van der Waals surface area contributed by atoms with Crippen LogP contribution in [0.25, 0.3) is 0 Å². The molecule has 11 heteroatoms. The third-order valence-electron chi connectivity index (χ3n) is 4.08. The van der Waals surface area contributed by atoms with Crippen LogP contribution in [-0.2, 0) is 24.3 Å². The molecule has 0 bridgehead atoms. The molecule has 0 unspecified atom stereocenters. The summed E-state index contributed by atoms with van der Waals surface area (Å²) in [6, 6.07) is 6.43. The van der Waals surface area contributed by atoms with Crippen LogP contribution in [0.5, 0.6) is 11.5 Å². The van der Waals surface area contributed by atoms with Crippen LogP contribution in [0.3, 0.4) is 0 Å². The van der Waals surface area contributed by atoms with Gasteiger partial charge < -0.3 is 18.9 Å². The average Bonchev–Trinajstić information content (AvgIpc) is 2.75. The minimum absolute atomic E-state index is 0.101. The summed E-state index contributed by atoms with van der Waals surface area (Å²) in [6.07, 6.45) is 0. The van der Waals surface area contributed by atoms with Gasteiger partial charge in [0.1, 0.15) is 12.4 Å². The SMILES string of the molecule is COC(=O)CN(c1cc(OC)c(OC)cc1C(=O)OC)S(=O)(=O)c1ccc(F)cc1. The summed E-state index contributed by atoms with van der Waals surface area (Å²) >= 11 is 0. The molecule has 30 heavy (non-hydrogen) atoms. The number of benzene rings is 2. The van der Waals surface area contributed by atoms with Crippen molar-refractivity contribution in [2.45, 2.75) is 4.90 Å². The third-order valence-corrected chi connectivity index (χ3v) is 5.85. The van der Waals surface area contributed by atoms with E-state index in [9.17, 15) is 22.4 Å². The highest BCUT2D eigenvalue weighted by Crippen LogP contribution is 2.37. The summed E-state index contributed by atoms with van der Waals surface area (Å²) in [5.74, 6) is -2.18. The summed E-state index contributed by atoms with van der Waals surface area (Å²) in [6.45, 7) is -0.768. The highest BCUT2D eigenvalue weighted by Gasteiger charge is 2.32. The molecule has 0 atom stereocenters. The number of rotatable bonds is 8. The standard InChI is InChI=1S/C19H20FNO8S/c1-26-16-9-14(19(23)29-4)15(10-17(16)27-2)21(11-18(22)28-3)30(24,25)13-7-5-12(20)6-8-13/h5-10H,11H2,1-4H3. The number of hydrogen-bond donors (Lipinski definition) is 0. The Hall–Kier alpha value is -3.34. The molecule has 2 aromatic carbocycles. The van der Waals surface area contributed by atoms with Gasteiger partial charge in [-0.15, -0.1) is 0 Å². The first kappa shape index (κ1) is 22.9. The molecule has 0 fully saturated rings. The lowest BCUT2D eigenvalue weighted by atomic mass is 10.1. The van der Waals surface area contributed by atoms with Crippen LogP contribution in [0.15, 0.2) is 41.3 Å². The van der Waals surface area contributed by atoms with Crippen molar-refractivity contribution in [1.82, 2.24) is 0 Å². The van der Waals surface area contributed by atoms with Crippen molar-refractivity contribution in [2.24, 2.45) is 0 Å². The first-order chi connectivity index (χ1) is 14.2. The first-order valence-corrected chi connectivity index (χ1v) is 9.83. The van der Waals surface area contributed by atoms with E-state index >= 15 is 0 Å². The van der Waals surface area contributed by atoms with Crippen molar-refractivity contribution < 1.29 is 41.3 Å². The maximum atomic E-state index is 13.3. The maximum absolute atomic E-state index is 13.3. The van der Waals surface area contributed by atoms with Crippen molar-refractivity contribution in [1.29, 1.82) is 0 Å². The Labute approximate surface area is 173 Å². The molecule has 0 saturated carbocycles. The van der Waals surface area contributed by atoms with Gasteiger partial charge in [0.2, 0.25) is 0 Å². The predicted octanol–water partition coefficient (Wildman–Crippen LogP) is 2.00. The van der Waals surface area contributed by atoms with Crippen molar-refractivity contribution in [3.05, 3.63) is 47.8 Å². The molecule has 0 heterocycles. The molecule has 0 N–H and O–H groups in total. The van der Waals surface area contributed by atoms with E-state index in [0.29, 0.717) is 4.31 Å². The highest BCUT2D eigenvalue weighted by atomic mass is 32.2. The second kappa shape index (κ2) is 9.44. The fourth-order valence-electron chi connectivity index (χ4n) is 2.56. The maximum Gasteiger partial charge on any atom is 0.340 e. The number of esters is 2. The Kier molecular flexibility index (Phi) is 7.22. The zero-order chi connectivity index (χ0) is 22.5. The molecule has 0 radical (unpaired) electrons. The van der Waals surface area contributed by atoms with Gasteiger partial charge in [-0.3, -0.25) is 9.10 Å². The van der Waals surface area contributed by atoms with E-state index in [1.807, 2.05) is 0 Å². The monoisotopic (exact) mass is 441 g/mol. The Bertz CT molecular complexity index is 1040. The van der Waals surface area contributed by atoms with Crippen LogP contribution in [-0.4, -0.2) is 55.3 Å². The van der Waals surface area contributed by atoms with Gasteiger partial charge in [-0.1, -0.05) is 0 Å².